The molecule has 0 spiro atoms. The zero-order valence-corrected chi connectivity index (χ0v) is 12.8. The largest absolute Gasteiger partial charge is 0.468 e. The molecule has 0 saturated heterocycles. The molecule has 0 radical (unpaired) electrons. The van der Waals surface area contributed by atoms with Crippen LogP contribution in [0.3, 0.4) is 0 Å². The predicted molar refractivity (Wildman–Crippen MR) is 78.1 cm³/mol. The molecular formula is C16H25NO2. The van der Waals surface area contributed by atoms with Crippen molar-refractivity contribution in [3.05, 3.63) is 34.4 Å². The van der Waals surface area contributed by atoms with Crippen molar-refractivity contribution < 1.29 is 9.53 Å². The summed E-state index contributed by atoms with van der Waals surface area (Å²) in [7, 11) is 1.43. The topological polar surface area (TPSA) is 38.3 Å². The molecule has 106 valence electrons. The number of rotatable bonds is 5. The van der Waals surface area contributed by atoms with Gasteiger partial charge in [-0.15, -0.1) is 0 Å². The summed E-state index contributed by atoms with van der Waals surface area (Å²) in [5.74, 6) is 0.0101. The Morgan fingerprint density at radius 1 is 1.21 bits per heavy atom. The molecule has 0 amide bonds. The summed E-state index contributed by atoms with van der Waals surface area (Å²) in [4.78, 5) is 11.7. The fraction of sp³-hybridized carbons (Fsp3) is 0.562. The van der Waals surface area contributed by atoms with E-state index >= 15 is 0 Å². The fourth-order valence-corrected chi connectivity index (χ4v) is 2.42. The van der Waals surface area contributed by atoms with Gasteiger partial charge in [0, 0.05) is 6.54 Å². The lowest BCUT2D eigenvalue weighted by Crippen LogP contribution is -2.41. The van der Waals surface area contributed by atoms with E-state index < -0.39 is 0 Å². The minimum Gasteiger partial charge on any atom is -0.468 e. The number of aryl methyl sites for hydroxylation is 3. The van der Waals surface area contributed by atoms with Crippen LogP contribution in [0.5, 0.6) is 0 Å². The SMILES string of the molecule is COC(=O)[C@@H](NCc1c(C)cc(C)cc1C)C(C)C. The highest BCUT2D eigenvalue weighted by Gasteiger charge is 2.22. The van der Waals surface area contributed by atoms with Crippen molar-refractivity contribution in [3.63, 3.8) is 0 Å². The number of esters is 1. The third-order valence-electron chi connectivity index (χ3n) is 3.46. The fourth-order valence-electron chi connectivity index (χ4n) is 2.42. The lowest BCUT2D eigenvalue weighted by atomic mass is 9.98. The highest BCUT2D eigenvalue weighted by Crippen LogP contribution is 2.17. The first-order valence-electron chi connectivity index (χ1n) is 6.74. The van der Waals surface area contributed by atoms with Gasteiger partial charge in [0.2, 0.25) is 0 Å². The molecule has 3 heteroatoms. The Morgan fingerprint density at radius 2 is 1.74 bits per heavy atom. The smallest absolute Gasteiger partial charge is 0.323 e. The van der Waals surface area contributed by atoms with Gasteiger partial charge >= 0.3 is 5.97 Å². The van der Waals surface area contributed by atoms with Crippen LogP contribution >= 0.6 is 0 Å². The summed E-state index contributed by atoms with van der Waals surface area (Å²) in [5, 5.41) is 3.31. The number of carbonyl (C=O) groups is 1. The number of carbonyl (C=O) groups excluding carboxylic acids is 1. The molecule has 19 heavy (non-hydrogen) atoms. The first-order valence-corrected chi connectivity index (χ1v) is 6.74. The van der Waals surface area contributed by atoms with Gasteiger partial charge in [-0.2, -0.15) is 0 Å². The van der Waals surface area contributed by atoms with Gasteiger partial charge in [-0.1, -0.05) is 31.5 Å². The van der Waals surface area contributed by atoms with Gasteiger partial charge in [0.1, 0.15) is 6.04 Å². The molecule has 0 aromatic heterocycles. The number of ether oxygens (including phenoxy) is 1. The van der Waals surface area contributed by atoms with E-state index in [9.17, 15) is 4.79 Å². The second kappa shape index (κ2) is 6.71. The van der Waals surface area contributed by atoms with Crippen LogP contribution in [0.1, 0.15) is 36.1 Å². The molecule has 0 saturated carbocycles. The first kappa shape index (κ1) is 15.7. The molecule has 3 nitrogen and oxygen atoms in total. The van der Waals surface area contributed by atoms with Gasteiger partial charge in [0.15, 0.2) is 0 Å². The molecule has 0 aliphatic carbocycles. The minimum absolute atomic E-state index is 0.197. The maximum absolute atomic E-state index is 11.7. The standard InChI is InChI=1S/C16H25NO2/c1-10(2)15(16(18)19-6)17-9-14-12(4)7-11(3)8-13(14)5/h7-8,10,15,17H,9H2,1-6H3/t15-/m0/s1. The van der Waals surface area contributed by atoms with Crippen molar-refractivity contribution in [2.45, 2.75) is 47.2 Å². The van der Waals surface area contributed by atoms with Crippen LogP contribution in [-0.2, 0) is 16.1 Å². The Hall–Kier alpha value is -1.35. The Bertz CT molecular complexity index is 429. The van der Waals surface area contributed by atoms with Gasteiger partial charge in [-0.05, 0) is 43.4 Å². The van der Waals surface area contributed by atoms with E-state index in [4.69, 9.17) is 4.74 Å². The third kappa shape index (κ3) is 4.06. The predicted octanol–water partition coefficient (Wildman–Crippen LogP) is 2.90. The number of benzene rings is 1. The van der Waals surface area contributed by atoms with Gasteiger partial charge in [-0.25, -0.2) is 0 Å². The average Bonchev–Trinajstić information content (AvgIpc) is 2.31. The molecule has 0 fully saturated rings. The van der Waals surface area contributed by atoms with Crippen molar-refractivity contribution >= 4 is 5.97 Å². The molecule has 1 aromatic rings. The Balaban J connectivity index is 2.83. The molecule has 0 aliphatic heterocycles. The van der Waals surface area contributed by atoms with Crippen LogP contribution < -0.4 is 5.32 Å². The molecular weight excluding hydrogens is 238 g/mol. The van der Waals surface area contributed by atoms with Crippen molar-refractivity contribution in [2.75, 3.05) is 7.11 Å². The Labute approximate surface area is 116 Å². The van der Waals surface area contributed by atoms with E-state index in [0.29, 0.717) is 6.54 Å². The number of methoxy groups -OCH3 is 1. The minimum atomic E-state index is -0.259. The van der Waals surface area contributed by atoms with E-state index in [1.807, 2.05) is 13.8 Å². The lowest BCUT2D eigenvalue weighted by molar-refractivity contribution is -0.144. The molecule has 1 rings (SSSR count). The zero-order chi connectivity index (χ0) is 14.6. The van der Waals surface area contributed by atoms with Gasteiger partial charge in [0.25, 0.3) is 0 Å². The van der Waals surface area contributed by atoms with E-state index in [0.717, 1.165) is 0 Å². The molecule has 0 heterocycles. The molecule has 0 bridgehead atoms. The number of hydrogen-bond acceptors (Lipinski definition) is 3. The highest BCUT2D eigenvalue weighted by atomic mass is 16.5. The Kier molecular flexibility index (Phi) is 5.55. The van der Waals surface area contributed by atoms with E-state index in [1.165, 1.54) is 29.4 Å². The lowest BCUT2D eigenvalue weighted by Gasteiger charge is -2.21. The van der Waals surface area contributed by atoms with Gasteiger partial charge < -0.3 is 10.1 Å². The molecule has 1 N–H and O–H groups in total. The van der Waals surface area contributed by atoms with Crippen LogP contribution in [0.2, 0.25) is 0 Å². The van der Waals surface area contributed by atoms with Crippen LogP contribution in [0.25, 0.3) is 0 Å². The summed E-state index contributed by atoms with van der Waals surface area (Å²) in [5.41, 5.74) is 5.06. The molecule has 1 aromatic carbocycles. The number of nitrogens with one attached hydrogen (secondary N) is 1. The van der Waals surface area contributed by atoms with E-state index in [1.54, 1.807) is 0 Å². The molecule has 1 atom stereocenters. The van der Waals surface area contributed by atoms with Crippen molar-refractivity contribution in [1.29, 1.82) is 0 Å². The second-order valence-corrected chi connectivity index (χ2v) is 5.50. The van der Waals surface area contributed by atoms with Crippen molar-refractivity contribution in [2.24, 2.45) is 5.92 Å². The van der Waals surface area contributed by atoms with Crippen LogP contribution in [-0.4, -0.2) is 19.1 Å². The quantitative estimate of drug-likeness (QED) is 0.830. The normalized spacial score (nSPS) is 12.6. The third-order valence-corrected chi connectivity index (χ3v) is 3.46. The first-order chi connectivity index (χ1) is 8.86. The van der Waals surface area contributed by atoms with Crippen LogP contribution in [0, 0.1) is 26.7 Å². The van der Waals surface area contributed by atoms with Gasteiger partial charge in [0.05, 0.1) is 7.11 Å². The summed E-state index contributed by atoms with van der Waals surface area (Å²) >= 11 is 0. The second-order valence-electron chi connectivity index (χ2n) is 5.50. The highest BCUT2D eigenvalue weighted by molar-refractivity contribution is 5.75. The molecule has 0 unspecified atom stereocenters. The van der Waals surface area contributed by atoms with Crippen LogP contribution in [0.15, 0.2) is 12.1 Å². The van der Waals surface area contributed by atoms with Crippen molar-refractivity contribution in [3.8, 4) is 0 Å². The van der Waals surface area contributed by atoms with Crippen molar-refractivity contribution in [1.82, 2.24) is 5.32 Å². The molecule has 0 aliphatic rings. The zero-order valence-electron chi connectivity index (χ0n) is 12.8. The summed E-state index contributed by atoms with van der Waals surface area (Å²) < 4.78 is 4.84. The maximum Gasteiger partial charge on any atom is 0.323 e. The summed E-state index contributed by atoms with van der Waals surface area (Å²) in [6.45, 7) is 11.0. The summed E-state index contributed by atoms with van der Waals surface area (Å²) in [6.07, 6.45) is 0. The summed E-state index contributed by atoms with van der Waals surface area (Å²) in [6, 6.07) is 4.09. The number of hydrogen-bond donors (Lipinski definition) is 1. The maximum atomic E-state index is 11.7. The van der Waals surface area contributed by atoms with E-state index in [-0.39, 0.29) is 17.9 Å². The van der Waals surface area contributed by atoms with Gasteiger partial charge in [-0.3, -0.25) is 4.79 Å². The monoisotopic (exact) mass is 263 g/mol. The average molecular weight is 263 g/mol. The van der Waals surface area contributed by atoms with Crippen LogP contribution in [0.4, 0.5) is 0 Å². The van der Waals surface area contributed by atoms with E-state index in [2.05, 4.69) is 38.2 Å². The Morgan fingerprint density at radius 3 is 2.16 bits per heavy atom.